The van der Waals surface area contributed by atoms with Gasteiger partial charge in [0, 0.05) is 29.2 Å². The van der Waals surface area contributed by atoms with E-state index in [0.717, 1.165) is 23.9 Å². The van der Waals surface area contributed by atoms with E-state index < -0.39 is 0 Å². The Bertz CT molecular complexity index is 826. The van der Waals surface area contributed by atoms with Crippen molar-refractivity contribution in [3.05, 3.63) is 24.4 Å². The molecule has 2 aliphatic heterocycles. The van der Waals surface area contributed by atoms with Gasteiger partial charge < -0.3 is 15.5 Å². The fourth-order valence-corrected chi connectivity index (χ4v) is 5.43. The van der Waals surface area contributed by atoms with E-state index >= 15 is 0 Å². The van der Waals surface area contributed by atoms with Gasteiger partial charge in [0.15, 0.2) is 0 Å². The fourth-order valence-electron chi connectivity index (χ4n) is 5.43. The van der Waals surface area contributed by atoms with E-state index in [-0.39, 0.29) is 6.03 Å². The summed E-state index contributed by atoms with van der Waals surface area (Å²) in [5, 5.41) is 11.9. The lowest BCUT2D eigenvalue weighted by Gasteiger charge is -2.36. The molecule has 3 heterocycles. The van der Waals surface area contributed by atoms with Crippen LogP contribution in [-0.2, 0) is 0 Å². The molecule has 0 spiro atoms. The van der Waals surface area contributed by atoms with E-state index in [0.29, 0.717) is 24.2 Å². The lowest BCUT2D eigenvalue weighted by atomic mass is 9.98. The average molecular weight is 367 g/mol. The molecule has 2 unspecified atom stereocenters. The third kappa shape index (κ3) is 3.20. The van der Waals surface area contributed by atoms with Crippen LogP contribution in [0.2, 0.25) is 0 Å². The van der Waals surface area contributed by atoms with Crippen LogP contribution in [0, 0.1) is 0 Å². The summed E-state index contributed by atoms with van der Waals surface area (Å²) in [6.45, 7) is 0. The summed E-state index contributed by atoms with van der Waals surface area (Å²) >= 11 is 0. The molecule has 5 rings (SSSR count). The summed E-state index contributed by atoms with van der Waals surface area (Å²) in [6.07, 6.45) is 11.6. The second kappa shape index (κ2) is 6.82. The number of hydrogen-bond donors (Lipinski definition) is 2. The Labute approximate surface area is 160 Å². The highest BCUT2D eigenvalue weighted by Gasteiger charge is 2.39. The van der Waals surface area contributed by atoms with Gasteiger partial charge in [-0.2, -0.15) is 5.10 Å². The molecule has 6 nitrogen and oxygen atoms in total. The second-order valence-electron chi connectivity index (χ2n) is 8.62. The van der Waals surface area contributed by atoms with Crippen molar-refractivity contribution in [2.75, 3.05) is 12.4 Å². The number of fused-ring (bicyclic) bond motifs is 3. The van der Waals surface area contributed by atoms with Gasteiger partial charge in [-0.05, 0) is 63.8 Å². The number of rotatable bonds is 3. The zero-order chi connectivity index (χ0) is 18.4. The number of amides is 2. The van der Waals surface area contributed by atoms with Crippen LogP contribution in [0.25, 0.3) is 10.9 Å². The number of urea groups is 1. The van der Waals surface area contributed by atoms with Crippen LogP contribution in [0.5, 0.6) is 0 Å². The van der Waals surface area contributed by atoms with Gasteiger partial charge in [-0.1, -0.05) is 12.8 Å². The summed E-state index contributed by atoms with van der Waals surface area (Å²) in [5.74, 6) is 0. The Balaban J connectivity index is 1.30. The molecule has 0 radical (unpaired) electrons. The van der Waals surface area contributed by atoms with E-state index in [9.17, 15) is 4.79 Å². The van der Waals surface area contributed by atoms with Gasteiger partial charge in [0.05, 0.1) is 17.8 Å². The van der Waals surface area contributed by atoms with Gasteiger partial charge in [-0.25, -0.2) is 4.79 Å². The van der Waals surface area contributed by atoms with Crippen molar-refractivity contribution in [3.63, 3.8) is 0 Å². The highest BCUT2D eigenvalue weighted by molar-refractivity contribution is 5.92. The molecule has 2 atom stereocenters. The molecule has 2 N–H and O–H groups in total. The van der Waals surface area contributed by atoms with E-state index in [1.165, 1.54) is 44.0 Å². The highest BCUT2D eigenvalue weighted by atomic mass is 16.2. The number of benzene rings is 1. The third-order valence-corrected chi connectivity index (χ3v) is 6.96. The third-order valence-electron chi connectivity index (χ3n) is 6.96. The topological polar surface area (TPSA) is 62.2 Å². The van der Waals surface area contributed by atoms with Gasteiger partial charge in [0.25, 0.3) is 0 Å². The molecule has 144 valence electrons. The van der Waals surface area contributed by atoms with E-state index in [2.05, 4.69) is 33.3 Å². The first-order valence-corrected chi connectivity index (χ1v) is 10.4. The van der Waals surface area contributed by atoms with Gasteiger partial charge >= 0.3 is 6.03 Å². The highest BCUT2D eigenvalue weighted by Crippen LogP contribution is 2.40. The van der Waals surface area contributed by atoms with Gasteiger partial charge in [-0.3, -0.25) is 4.68 Å². The van der Waals surface area contributed by atoms with Crippen LogP contribution in [0.3, 0.4) is 0 Å². The fraction of sp³-hybridized carbons (Fsp3) is 0.619. The minimum atomic E-state index is -0.0967. The van der Waals surface area contributed by atoms with Crippen molar-refractivity contribution in [1.82, 2.24) is 20.0 Å². The van der Waals surface area contributed by atoms with Crippen molar-refractivity contribution in [1.29, 1.82) is 0 Å². The number of aromatic nitrogens is 2. The lowest BCUT2D eigenvalue weighted by Crippen LogP contribution is -2.40. The summed E-state index contributed by atoms with van der Waals surface area (Å²) in [7, 11) is 2.27. The number of piperidine rings is 1. The molecule has 2 saturated heterocycles. The SMILES string of the molecule is CN1C2CCC1CC(n1ncc3cc(NC(=O)NC4CCCC4)ccc31)C2. The predicted molar refractivity (Wildman–Crippen MR) is 107 cm³/mol. The molecule has 2 bridgehead atoms. The molecule has 6 heteroatoms. The van der Waals surface area contributed by atoms with Gasteiger partial charge in [0.1, 0.15) is 0 Å². The molecule has 1 aromatic carbocycles. The normalized spacial score (nSPS) is 28.7. The van der Waals surface area contributed by atoms with Gasteiger partial charge in [0.2, 0.25) is 0 Å². The van der Waals surface area contributed by atoms with Crippen molar-refractivity contribution in [3.8, 4) is 0 Å². The van der Waals surface area contributed by atoms with E-state index in [1.807, 2.05) is 18.3 Å². The number of carbonyl (C=O) groups is 1. The molecule has 27 heavy (non-hydrogen) atoms. The van der Waals surface area contributed by atoms with Crippen molar-refractivity contribution in [2.45, 2.75) is 75.5 Å². The summed E-state index contributed by atoms with van der Waals surface area (Å²) in [4.78, 5) is 14.8. The quantitative estimate of drug-likeness (QED) is 0.865. The molecule has 2 amide bonds. The Kier molecular flexibility index (Phi) is 4.31. The van der Waals surface area contributed by atoms with Crippen LogP contribution >= 0.6 is 0 Å². The Morgan fingerprint density at radius 1 is 1.07 bits per heavy atom. The first-order chi connectivity index (χ1) is 13.2. The van der Waals surface area contributed by atoms with Crippen LogP contribution in [0.15, 0.2) is 24.4 Å². The summed E-state index contributed by atoms with van der Waals surface area (Å²) < 4.78 is 2.22. The summed E-state index contributed by atoms with van der Waals surface area (Å²) in [6, 6.07) is 8.27. The van der Waals surface area contributed by atoms with Crippen LogP contribution in [-0.4, -0.2) is 45.9 Å². The molecule has 2 aromatic rings. The van der Waals surface area contributed by atoms with E-state index in [1.54, 1.807) is 0 Å². The maximum atomic E-state index is 12.2. The zero-order valence-electron chi connectivity index (χ0n) is 16.0. The number of carbonyl (C=O) groups excluding carboxylic acids is 1. The zero-order valence-corrected chi connectivity index (χ0v) is 16.0. The number of anilines is 1. The predicted octanol–water partition coefficient (Wildman–Crippen LogP) is 3.90. The molecule has 1 aromatic heterocycles. The van der Waals surface area contributed by atoms with Gasteiger partial charge in [-0.15, -0.1) is 0 Å². The first-order valence-electron chi connectivity index (χ1n) is 10.4. The number of nitrogens with one attached hydrogen (secondary N) is 2. The maximum Gasteiger partial charge on any atom is 0.319 e. The van der Waals surface area contributed by atoms with Crippen LogP contribution < -0.4 is 10.6 Å². The number of hydrogen-bond acceptors (Lipinski definition) is 3. The molecule has 1 aliphatic carbocycles. The standard InChI is InChI=1S/C21H29N5O/c1-25-17-7-8-18(25)12-19(11-17)26-20-9-6-16(10-14(20)13-22-26)24-21(27)23-15-4-2-3-5-15/h6,9-10,13,15,17-19H,2-5,7-8,11-12H2,1H3,(H2,23,24,27). The second-order valence-corrected chi connectivity index (χ2v) is 8.62. The largest absolute Gasteiger partial charge is 0.335 e. The van der Waals surface area contributed by atoms with Crippen molar-refractivity contribution >= 4 is 22.6 Å². The van der Waals surface area contributed by atoms with Crippen molar-refractivity contribution in [2.24, 2.45) is 0 Å². The minimum absolute atomic E-state index is 0.0967. The Morgan fingerprint density at radius 3 is 2.56 bits per heavy atom. The maximum absolute atomic E-state index is 12.2. The first kappa shape index (κ1) is 17.0. The van der Waals surface area contributed by atoms with E-state index in [4.69, 9.17) is 5.10 Å². The molecule has 3 aliphatic rings. The number of nitrogens with zero attached hydrogens (tertiary/aromatic N) is 3. The minimum Gasteiger partial charge on any atom is -0.335 e. The molecular weight excluding hydrogens is 338 g/mol. The molecule has 3 fully saturated rings. The summed E-state index contributed by atoms with van der Waals surface area (Å²) in [5.41, 5.74) is 2.01. The molecule has 1 saturated carbocycles. The smallest absolute Gasteiger partial charge is 0.319 e. The van der Waals surface area contributed by atoms with Crippen molar-refractivity contribution < 1.29 is 4.79 Å². The lowest BCUT2D eigenvalue weighted by molar-refractivity contribution is 0.133. The average Bonchev–Trinajstić information content (AvgIpc) is 3.34. The molecular formula is C21H29N5O. The Hall–Kier alpha value is -2.08. The monoisotopic (exact) mass is 367 g/mol. The Morgan fingerprint density at radius 2 is 1.81 bits per heavy atom. The van der Waals surface area contributed by atoms with Crippen LogP contribution in [0.4, 0.5) is 10.5 Å². The van der Waals surface area contributed by atoms with Crippen LogP contribution in [0.1, 0.15) is 57.4 Å².